The number of nitrogens with one attached hydrogen (secondary N) is 2. The second kappa shape index (κ2) is 10.1. The Hall–Kier alpha value is -2.84. The van der Waals surface area contributed by atoms with Crippen molar-refractivity contribution in [3.8, 4) is 0 Å². The molecule has 1 aliphatic heterocycles. The third-order valence-electron chi connectivity index (χ3n) is 8.16. The summed E-state index contributed by atoms with van der Waals surface area (Å²) in [4.78, 5) is 25.7. The molecule has 5 rings (SSSR count). The van der Waals surface area contributed by atoms with Gasteiger partial charge in [0.25, 0.3) is 0 Å². The monoisotopic (exact) mass is 524 g/mol. The summed E-state index contributed by atoms with van der Waals surface area (Å²) in [6, 6.07) is 6.26. The number of nitrogens with zero attached hydrogens (tertiary/aromatic N) is 4. The van der Waals surface area contributed by atoms with Crippen LogP contribution < -0.4 is 15.5 Å². The first-order valence-corrected chi connectivity index (χ1v) is 13.5. The Kier molecular flexibility index (Phi) is 7.07. The number of anilines is 4. The Labute approximate surface area is 224 Å². The molecular formula is C28H37ClN6O2. The van der Waals surface area contributed by atoms with Crippen LogP contribution in [-0.2, 0) is 10.2 Å². The number of aromatic nitrogens is 2. The van der Waals surface area contributed by atoms with Gasteiger partial charge in [0, 0.05) is 37.1 Å². The summed E-state index contributed by atoms with van der Waals surface area (Å²) < 4.78 is 0. The predicted molar refractivity (Wildman–Crippen MR) is 149 cm³/mol. The first-order valence-electron chi connectivity index (χ1n) is 13.1. The highest BCUT2D eigenvalue weighted by molar-refractivity contribution is 6.32. The van der Waals surface area contributed by atoms with Gasteiger partial charge in [-0.2, -0.15) is 4.98 Å². The van der Waals surface area contributed by atoms with Gasteiger partial charge in [-0.25, -0.2) is 4.98 Å². The molecule has 1 saturated carbocycles. The number of aliphatic carboxylic acids is 1. The number of fused-ring (bicyclic) bond motifs is 3. The molecule has 1 aromatic carbocycles. The zero-order valence-corrected chi connectivity index (χ0v) is 22.8. The second-order valence-corrected chi connectivity index (χ2v) is 11.9. The minimum atomic E-state index is -0.787. The Balaban J connectivity index is 1.39. The standard InChI is InChI=1S/C28H37ClN6O2/c1-28(2)10-5-11-35(13-12-34(3)4)22-15-19(8-9-20(22)28)31-27-30-16-21(29)25(33-27)32-24-18-7-6-17(14-18)23(24)26(36)37/h6-9,15-18,23-24H,5,10-14H2,1-4H3,(H,36,37)(H2,30,31,32,33)/t17-,18+,23+,24-/m1/s1. The molecule has 4 atom stereocenters. The number of hydrogen-bond acceptors (Lipinski definition) is 7. The summed E-state index contributed by atoms with van der Waals surface area (Å²) in [7, 11) is 4.21. The number of carbonyl (C=O) groups is 1. The van der Waals surface area contributed by atoms with Gasteiger partial charge in [-0.05, 0) is 68.3 Å². The normalized spacial score (nSPS) is 25.7. The van der Waals surface area contributed by atoms with Crippen LogP contribution >= 0.6 is 11.6 Å². The van der Waals surface area contributed by atoms with Crippen molar-refractivity contribution < 1.29 is 9.90 Å². The quantitative estimate of drug-likeness (QED) is 0.415. The summed E-state index contributed by atoms with van der Waals surface area (Å²) in [6.07, 6.45) is 8.85. The molecule has 9 heteroatoms. The molecule has 0 unspecified atom stereocenters. The van der Waals surface area contributed by atoms with Gasteiger partial charge in [0.1, 0.15) is 5.02 Å². The van der Waals surface area contributed by atoms with Crippen molar-refractivity contribution in [1.29, 1.82) is 0 Å². The van der Waals surface area contributed by atoms with E-state index in [1.54, 1.807) is 6.20 Å². The Morgan fingerprint density at radius 1 is 1.27 bits per heavy atom. The first-order chi connectivity index (χ1) is 17.6. The van der Waals surface area contributed by atoms with Crippen LogP contribution in [0.1, 0.15) is 38.7 Å². The van der Waals surface area contributed by atoms with Crippen molar-refractivity contribution in [2.45, 2.75) is 44.6 Å². The molecule has 0 spiro atoms. The number of allylic oxidation sites excluding steroid dienone is 1. The summed E-state index contributed by atoms with van der Waals surface area (Å²) >= 11 is 6.44. The highest BCUT2D eigenvalue weighted by Crippen LogP contribution is 2.45. The summed E-state index contributed by atoms with van der Waals surface area (Å²) in [5.74, 6) is -0.180. The molecule has 0 amide bonds. The number of halogens is 1. The van der Waals surface area contributed by atoms with Gasteiger partial charge in [0.05, 0.1) is 12.1 Å². The largest absolute Gasteiger partial charge is 0.481 e. The maximum absolute atomic E-state index is 11.9. The van der Waals surface area contributed by atoms with Crippen molar-refractivity contribution in [2.24, 2.45) is 17.8 Å². The van der Waals surface area contributed by atoms with Gasteiger partial charge in [0.15, 0.2) is 5.82 Å². The lowest BCUT2D eigenvalue weighted by molar-refractivity contribution is -0.142. The minimum Gasteiger partial charge on any atom is -0.481 e. The molecule has 0 radical (unpaired) electrons. The zero-order valence-electron chi connectivity index (χ0n) is 22.0. The van der Waals surface area contributed by atoms with Crippen LogP contribution in [0.3, 0.4) is 0 Å². The van der Waals surface area contributed by atoms with Crippen molar-refractivity contribution in [3.63, 3.8) is 0 Å². The van der Waals surface area contributed by atoms with Crippen LogP contribution in [0.25, 0.3) is 0 Å². The van der Waals surface area contributed by atoms with Crippen LogP contribution in [0, 0.1) is 17.8 Å². The molecule has 0 saturated heterocycles. The van der Waals surface area contributed by atoms with Crippen molar-refractivity contribution >= 4 is 40.7 Å². The average Bonchev–Trinajstić information content (AvgIpc) is 3.41. The predicted octanol–water partition coefficient (Wildman–Crippen LogP) is 5.00. The van der Waals surface area contributed by atoms with Crippen molar-refractivity contribution in [1.82, 2.24) is 14.9 Å². The lowest BCUT2D eigenvalue weighted by Gasteiger charge is -2.30. The second-order valence-electron chi connectivity index (χ2n) is 11.5. The van der Waals surface area contributed by atoms with Gasteiger partial charge in [-0.3, -0.25) is 4.79 Å². The summed E-state index contributed by atoms with van der Waals surface area (Å²) in [5, 5.41) is 16.9. The van der Waals surface area contributed by atoms with Gasteiger partial charge < -0.3 is 25.5 Å². The Bertz CT molecular complexity index is 1200. The van der Waals surface area contributed by atoms with E-state index in [9.17, 15) is 9.90 Å². The number of carboxylic acid groups (broad SMARTS) is 1. The molecule has 2 heterocycles. The molecule has 3 aliphatic rings. The topological polar surface area (TPSA) is 93.6 Å². The summed E-state index contributed by atoms with van der Waals surface area (Å²) in [6.45, 7) is 7.63. The molecule has 1 aromatic heterocycles. The van der Waals surface area contributed by atoms with E-state index < -0.39 is 11.9 Å². The maximum Gasteiger partial charge on any atom is 0.309 e. The molecule has 2 bridgehead atoms. The van der Waals surface area contributed by atoms with Crippen LogP contribution in [0.15, 0.2) is 36.5 Å². The van der Waals surface area contributed by atoms with E-state index in [1.807, 2.05) is 6.08 Å². The average molecular weight is 525 g/mol. The fraction of sp³-hybridized carbons (Fsp3) is 0.536. The van der Waals surface area contributed by atoms with Gasteiger partial charge in [-0.15, -0.1) is 0 Å². The van der Waals surface area contributed by atoms with E-state index in [1.165, 1.54) is 11.3 Å². The fourth-order valence-corrected chi connectivity index (χ4v) is 6.28. The van der Waals surface area contributed by atoms with E-state index in [0.717, 1.165) is 44.6 Å². The lowest BCUT2D eigenvalue weighted by Crippen LogP contribution is -2.38. The smallest absolute Gasteiger partial charge is 0.309 e. The van der Waals surface area contributed by atoms with E-state index >= 15 is 0 Å². The number of likely N-dealkylation sites (N-methyl/N-ethyl adjacent to an activating group) is 1. The number of rotatable bonds is 8. The van der Waals surface area contributed by atoms with Crippen molar-refractivity contribution in [3.05, 3.63) is 47.1 Å². The van der Waals surface area contributed by atoms with Crippen LogP contribution in [0.5, 0.6) is 0 Å². The molecule has 3 N–H and O–H groups in total. The lowest BCUT2D eigenvalue weighted by atomic mass is 9.80. The SMILES string of the molecule is CN(C)CCN1CCCC(C)(C)c2ccc(Nc3ncc(Cl)c(N[C@H]4[C@@H](C(=O)O)[C@@H]5C=C[C@H]4C5)n3)cc21. The van der Waals surface area contributed by atoms with E-state index in [-0.39, 0.29) is 23.3 Å². The molecule has 37 heavy (non-hydrogen) atoms. The van der Waals surface area contributed by atoms with Crippen molar-refractivity contribution in [2.75, 3.05) is 49.3 Å². The molecule has 198 valence electrons. The minimum absolute atomic E-state index is 0.0532. The maximum atomic E-state index is 11.9. The first kappa shape index (κ1) is 25.8. The third-order valence-corrected chi connectivity index (χ3v) is 8.44. The van der Waals surface area contributed by atoms with Gasteiger partial charge >= 0.3 is 5.97 Å². The molecule has 2 aliphatic carbocycles. The molecular weight excluding hydrogens is 488 g/mol. The van der Waals surface area contributed by atoms with Crippen LogP contribution in [0.4, 0.5) is 23.1 Å². The fourth-order valence-electron chi connectivity index (χ4n) is 6.13. The van der Waals surface area contributed by atoms with E-state index in [4.69, 9.17) is 11.6 Å². The number of carboxylic acids is 1. The Morgan fingerprint density at radius 3 is 2.81 bits per heavy atom. The highest BCUT2D eigenvalue weighted by atomic mass is 35.5. The summed E-state index contributed by atoms with van der Waals surface area (Å²) in [5.41, 5.74) is 3.62. The Morgan fingerprint density at radius 2 is 2.05 bits per heavy atom. The van der Waals surface area contributed by atoms with E-state index in [2.05, 4.69) is 82.6 Å². The molecule has 1 fully saturated rings. The van der Waals surface area contributed by atoms with Crippen LogP contribution in [-0.4, -0.2) is 65.7 Å². The van der Waals surface area contributed by atoms with Gasteiger partial charge in [-0.1, -0.05) is 43.7 Å². The zero-order chi connectivity index (χ0) is 26.3. The van der Waals surface area contributed by atoms with Gasteiger partial charge in [0.2, 0.25) is 5.95 Å². The number of benzene rings is 1. The number of hydrogen-bond donors (Lipinski definition) is 3. The van der Waals surface area contributed by atoms with Crippen LogP contribution in [0.2, 0.25) is 5.02 Å². The highest BCUT2D eigenvalue weighted by Gasteiger charge is 2.48. The molecule has 8 nitrogen and oxygen atoms in total. The third kappa shape index (κ3) is 5.27. The van der Waals surface area contributed by atoms with E-state index in [0.29, 0.717) is 16.8 Å². The molecule has 2 aromatic rings.